The van der Waals surface area contributed by atoms with Gasteiger partial charge in [0, 0.05) is 15.8 Å². The lowest BCUT2D eigenvalue weighted by Crippen LogP contribution is -2.47. The van der Waals surface area contributed by atoms with Crippen molar-refractivity contribution < 1.29 is 18.4 Å². The van der Waals surface area contributed by atoms with Crippen molar-refractivity contribution in [3.8, 4) is 0 Å². The van der Waals surface area contributed by atoms with E-state index in [2.05, 4.69) is 10.6 Å². The van der Waals surface area contributed by atoms with E-state index in [9.17, 15) is 18.4 Å². The van der Waals surface area contributed by atoms with E-state index in [0.29, 0.717) is 10.9 Å². The van der Waals surface area contributed by atoms with Crippen LogP contribution in [0, 0.1) is 17.6 Å². The van der Waals surface area contributed by atoms with E-state index in [1.54, 1.807) is 13.8 Å². The fraction of sp³-hybridized carbons (Fsp3) is 0.391. The summed E-state index contributed by atoms with van der Waals surface area (Å²) >= 11 is 1.86. The molecule has 1 aliphatic carbocycles. The zero-order valence-corrected chi connectivity index (χ0v) is 17.9. The lowest BCUT2D eigenvalue weighted by Gasteiger charge is -2.22. The van der Waals surface area contributed by atoms with Crippen LogP contribution in [0.3, 0.4) is 0 Å². The summed E-state index contributed by atoms with van der Waals surface area (Å²) in [6.07, 6.45) is 5.04. The molecule has 0 aliphatic heterocycles. The summed E-state index contributed by atoms with van der Waals surface area (Å²) in [7, 11) is 0. The van der Waals surface area contributed by atoms with Crippen LogP contribution in [0.25, 0.3) is 0 Å². The van der Waals surface area contributed by atoms with Gasteiger partial charge in [0.25, 0.3) is 5.91 Å². The third kappa shape index (κ3) is 5.59. The van der Waals surface area contributed by atoms with Crippen LogP contribution in [0.15, 0.2) is 47.4 Å². The maximum atomic E-state index is 13.9. The number of nitrogens with one attached hydrogen (secondary N) is 2. The number of carbonyl (C=O) groups excluding carboxylic acids is 2. The van der Waals surface area contributed by atoms with E-state index in [0.717, 1.165) is 17.0 Å². The van der Waals surface area contributed by atoms with Gasteiger partial charge in [-0.25, -0.2) is 8.78 Å². The molecule has 30 heavy (non-hydrogen) atoms. The van der Waals surface area contributed by atoms with Gasteiger partial charge in [-0.3, -0.25) is 9.59 Å². The zero-order chi connectivity index (χ0) is 21.7. The number of rotatable bonds is 7. The van der Waals surface area contributed by atoms with Crippen LogP contribution in [-0.4, -0.2) is 23.1 Å². The maximum absolute atomic E-state index is 13.9. The Morgan fingerprint density at radius 1 is 1.00 bits per heavy atom. The molecule has 1 fully saturated rings. The molecule has 2 amide bonds. The first-order valence-corrected chi connectivity index (χ1v) is 11.1. The molecule has 1 aliphatic rings. The number of benzene rings is 2. The molecule has 0 heterocycles. The highest BCUT2D eigenvalue weighted by Crippen LogP contribution is 2.35. The summed E-state index contributed by atoms with van der Waals surface area (Å²) in [6, 6.07) is 9.84. The Balaban J connectivity index is 1.64. The SMILES string of the molecule is CC(C)C(NC(=O)c1c(F)cccc1F)C(=O)Nc1ccc(SC2CCCC2)cc1. The van der Waals surface area contributed by atoms with Crippen molar-refractivity contribution in [3.63, 3.8) is 0 Å². The molecule has 1 atom stereocenters. The van der Waals surface area contributed by atoms with Gasteiger partial charge < -0.3 is 10.6 Å². The summed E-state index contributed by atoms with van der Waals surface area (Å²) in [5.41, 5.74) is -0.0861. The maximum Gasteiger partial charge on any atom is 0.257 e. The quantitative estimate of drug-likeness (QED) is 0.617. The molecule has 0 spiro atoms. The number of carbonyl (C=O) groups is 2. The van der Waals surface area contributed by atoms with Crippen molar-refractivity contribution in [1.29, 1.82) is 0 Å². The summed E-state index contributed by atoms with van der Waals surface area (Å²) < 4.78 is 27.8. The molecule has 2 aromatic carbocycles. The minimum atomic E-state index is -0.967. The third-order valence-electron chi connectivity index (χ3n) is 5.15. The predicted octanol–water partition coefficient (Wildman–Crippen LogP) is 5.39. The van der Waals surface area contributed by atoms with Gasteiger partial charge in [0.05, 0.1) is 0 Å². The number of hydrogen-bond acceptors (Lipinski definition) is 3. The standard InChI is InChI=1S/C23H26F2N2O2S/c1-14(2)21(27-22(28)20-18(24)8-5-9-19(20)25)23(29)26-15-10-12-17(13-11-15)30-16-6-3-4-7-16/h5,8-14,16,21H,3-4,6-7H2,1-2H3,(H,26,29)(H,27,28). The van der Waals surface area contributed by atoms with Crippen molar-refractivity contribution in [2.45, 2.75) is 55.7 Å². The van der Waals surface area contributed by atoms with Crippen molar-refractivity contribution in [2.75, 3.05) is 5.32 Å². The van der Waals surface area contributed by atoms with Crippen LogP contribution < -0.4 is 10.6 Å². The molecule has 2 N–H and O–H groups in total. The molecule has 3 rings (SSSR count). The normalized spacial score (nSPS) is 15.2. The number of amides is 2. The molecule has 0 aromatic heterocycles. The second-order valence-electron chi connectivity index (χ2n) is 7.83. The average molecular weight is 433 g/mol. The van der Waals surface area contributed by atoms with Gasteiger partial charge >= 0.3 is 0 Å². The average Bonchev–Trinajstić information content (AvgIpc) is 3.20. The molecular formula is C23H26F2N2O2S. The largest absolute Gasteiger partial charge is 0.340 e. The number of anilines is 1. The van der Waals surface area contributed by atoms with Gasteiger partial charge in [-0.2, -0.15) is 0 Å². The lowest BCUT2D eigenvalue weighted by atomic mass is 10.0. The number of thioether (sulfide) groups is 1. The first-order chi connectivity index (χ1) is 14.3. The van der Waals surface area contributed by atoms with Crippen LogP contribution in [0.2, 0.25) is 0 Å². The number of halogens is 2. The van der Waals surface area contributed by atoms with E-state index in [1.165, 1.54) is 31.7 Å². The fourth-order valence-corrected chi connectivity index (χ4v) is 4.75. The summed E-state index contributed by atoms with van der Waals surface area (Å²) in [5.74, 6) is -3.61. The topological polar surface area (TPSA) is 58.2 Å². The Bertz CT molecular complexity index is 876. The molecule has 1 unspecified atom stereocenters. The van der Waals surface area contributed by atoms with Gasteiger partial charge in [-0.15, -0.1) is 11.8 Å². The fourth-order valence-electron chi connectivity index (χ4n) is 3.50. The number of hydrogen-bond donors (Lipinski definition) is 2. The minimum absolute atomic E-state index is 0.277. The van der Waals surface area contributed by atoms with Crippen LogP contribution >= 0.6 is 11.8 Å². The molecule has 2 aromatic rings. The highest BCUT2D eigenvalue weighted by Gasteiger charge is 2.27. The Labute approximate surface area is 179 Å². The first-order valence-electron chi connectivity index (χ1n) is 10.2. The van der Waals surface area contributed by atoms with Crippen molar-refractivity contribution >= 4 is 29.3 Å². The Kier molecular flexibility index (Phi) is 7.48. The van der Waals surface area contributed by atoms with Crippen molar-refractivity contribution in [3.05, 3.63) is 59.7 Å². The van der Waals surface area contributed by atoms with Crippen LogP contribution in [-0.2, 0) is 4.79 Å². The summed E-state index contributed by atoms with van der Waals surface area (Å²) in [5, 5.41) is 5.90. The molecule has 160 valence electrons. The second kappa shape index (κ2) is 10.1. The highest BCUT2D eigenvalue weighted by molar-refractivity contribution is 8.00. The Morgan fingerprint density at radius 2 is 1.60 bits per heavy atom. The molecule has 1 saturated carbocycles. The van der Waals surface area contributed by atoms with Crippen LogP contribution in [0.5, 0.6) is 0 Å². The van der Waals surface area contributed by atoms with E-state index in [-0.39, 0.29) is 5.92 Å². The molecule has 0 saturated heterocycles. The second-order valence-corrected chi connectivity index (χ2v) is 9.20. The lowest BCUT2D eigenvalue weighted by molar-refractivity contribution is -0.118. The van der Waals surface area contributed by atoms with E-state index < -0.39 is 35.1 Å². The first kappa shape index (κ1) is 22.3. The summed E-state index contributed by atoms with van der Waals surface area (Å²) in [6.45, 7) is 3.51. The van der Waals surface area contributed by atoms with Gasteiger partial charge in [-0.05, 0) is 55.2 Å². The molecule has 0 radical (unpaired) electrons. The molecule has 7 heteroatoms. The third-order valence-corrected chi connectivity index (χ3v) is 6.50. The van der Waals surface area contributed by atoms with Crippen LogP contribution in [0.4, 0.5) is 14.5 Å². The van der Waals surface area contributed by atoms with Gasteiger partial charge in [0.1, 0.15) is 23.2 Å². The molecule has 0 bridgehead atoms. The van der Waals surface area contributed by atoms with E-state index >= 15 is 0 Å². The smallest absolute Gasteiger partial charge is 0.257 e. The van der Waals surface area contributed by atoms with Crippen LogP contribution in [0.1, 0.15) is 49.9 Å². The van der Waals surface area contributed by atoms with Gasteiger partial charge in [-0.1, -0.05) is 32.8 Å². The Morgan fingerprint density at radius 3 is 2.17 bits per heavy atom. The zero-order valence-electron chi connectivity index (χ0n) is 17.1. The Hall–Kier alpha value is -2.41. The van der Waals surface area contributed by atoms with Crippen molar-refractivity contribution in [2.24, 2.45) is 5.92 Å². The summed E-state index contributed by atoms with van der Waals surface area (Å²) in [4.78, 5) is 26.3. The van der Waals surface area contributed by atoms with E-state index in [1.807, 2.05) is 36.0 Å². The highest BCUT2D eigenvalue weighted by atomic mass is 32.2. The monoisotopic (exact) mass is 432 g/mol. The van der Waals surface area contributed by atoms with Gasteiger partial charge in [0.2, 0.25) is 5.91 Å². The predicted molar refractivity (Wildman–Crippen MR) is 116 cm³/mol. The van der Waals surface area contributed by atoms with Gasteiger partial charge in [0.15, 0.2) is 0 Å². The minimum Gasteiger partial charge on any atom is -0.340 e. The van der Waals surface area contributed by atoms with Crippen molar-refractivity contribution in [1.82, 2.24) is 5.32 Å². The van der Waals surface area contributed by atoms with E-state index in [4.69, 9.17) is 0 Å². The molecule has 4 nitrogen and oxygen atoms in total. The molecular weight excluding hydrogens is 406 g/mol.